The van der Waals surface area contributed by atoms with Crippen molar-refractivity contribution in [3.05, 3.63) is 46.3 Å². The molecule has 6 heteroatoms. The number of aryl methyl sites for hydroxylation is 1. The third-order valence-corrected chi connectivity index (χ3v) is 4.19. The molecule has 21 heavy (non-hydrogen) atoms. The van der Waals surface area contributed by atoms with Crippen LogP contribution < -0.4 is 0 Å². The molecule has 1 aromatic carbocycles. The van der Waals surface area contributed by atoms with Gasteiger partial charge < -0.3 is 0 Å². The van der Waals surface area contributed by atoms with Gasteiger partial charge in [-0.15, -0.1) is 0 Å². The van der Waals surface area contributed by atoms with E-state index in [2.05, 4.69) is 31.0 Å². The zero-order chi connectivity index (χ0) is 14.4. The van der Waals surface area contributed by atoms with Crippen molar-refractivity contribution in [1.29, 1.82) is 0 Å². The van der Waals surface area contributed by atoms with E-state index in [0.717, 1.165) is 34.3 Å². The second-order valence-electron chi connectivity index (χ2n) is 5.04. The number of carbonyl (C=O) groups is 1. The summed E-state index contributed by atoms with van der Waals surface area (Å²) in [6, 6.07) is 7.86. The van der Waals surface area contributed by atoms with Crippen LogP contribution in [0.2, 0.25) is 0 Å². The Hall–Kier alpha value is -2.08. The SMILES string of the molecule is O=C1CCCc2nc3ncnn3c(-c3cccc(Br)c3)c21. The van der Waals surface area contributed by atoms with Gasteiger partial charge in [0.2, 0.25) is 0 Å². The van der Waals surface area contributed by atoms with Gasteiger partial charge in [-0.05, 0) is 25.0 Å². The molecule has 4 rings (SSSR count). The van der Waals surface area contributed by atoms with Gasteiger partial charge >= 0.3 is 0 Å². The number of hydrogen-bond acceptors (Lipinski definition) is 4. The van der Waals surface area contributed by atoms with Crippen LogP contribution in [0, 0.1) is 0 Å². The topological polar surface area (TPSA) is 60.2 Å². The first-order chi connectivity index (χ1) is 10.2. The molecule has 5 nitrogen and oxygen atoms in total. The van der Waals surface area contributed by atoms with Crippen LogP contribution in [0.3, 0.4) is 0 Å². The van der Waals surface area contributed by atoms with Crippen LogP contribution in [-0.2, 0) is 6.42 Å². The number of nitrogens with zero attached hydrogens (tertiary/aromatic N) is 4. The van der Waals surface area contributed by atoms with Gasteiger partial charge in [-0.1, -0.05) is 28.1 Å². The maximum absolute atomic E-state index is 12.4. The summed E-state index contributed by atoms with van der Waals surface area (Å²) >= 11 is 3.48. The molecule has 104 valence electrons. The van der Waals surface area contributed by atoms with E-state index in [4.69, 9.17) is 0 Å². The highest BCUT2D eigenvalue weighted by Crippen LogP contribution is 2.31. The smallest absolute Gasteiger partial charge is 0.252 e. The Bertz CT molecular complexity index is 871. The van der Waals surface area contributed by atoms with E-state index in [1.165, 1.54) is 6.33 Å². The molecule has 0 amide bonds. The van der Waals surface area contributed by atoms with E-state index >= 15 is 0 Å². The minimum absolute atomic E-state index is 0.135. The lowest BCUT2D eigenvalue weighted by atomic mass is 9.91. The summed E-state index contributed by atoms with van der Waals surface area (Å²) in [4.78, 5) is 21.1. The molecule has 0 bridgehead atoms. The van der Waals surface area contributed by atoms with Gasteiger partial charge in [-0.25, -0.2) is 4.98 Å². The predicted octanol–water partition coefficient (Wildman–Crippen LogP) is 3.07. The molecule has 0 N–H and O–H groups in total. The van der Waals surface area contributed by atoms with Crippen LogP contribution in [0.25, 0.3) is 17.0 Å². The highest BCUT2D eigenvalue weighted by atomic mass is 79.9. The van der Waals surface area contributed by atoms with Crippen LogP contribution >= 0.6 is 15.9 Å². The van der Waals surface area contributed by atoms with E-state index in [-0.39, 0.29) is 5.78 Å². The summed E-state index contributed by atoms with van der Waals surface area (Å²) in [5, 5.41) is 4.24. The van der Waals surface area contributed by atoms with Crippen LogP contribution in [0.4, 0.5) is 0 Å². The van der Waals surface area contributed by atoms with Crippen LogP contribution in [0.1, 0.15) is 28.9 Å². The fourth-order valence-corrected chi connectivity index (χ4v) is 3.21. The Labute approximate surface area is 129 Å². The highest BCUT2D eigenvalue weighted by Gasteiger charge is 2.26. The van der Waals surface area contributed by atoms with Crippen molar-refractivity contribution in [3.63, 3.8) is 0 Å². The molecule has 0 radical (unpaired) electrons. The van der Waals surface area contributed by atoms with Crippen molar-refractivity contribution in [2.24, 2.45) is 0 Å². The van der Waals surface area contributed by atoms with Gasteiger partial charge in [0.1, 0.15) is 6.33 Å². The molecule has 0 aliphatic heterocycles. The van der Waals surface area contributed by atoms with E-state index in [0.29, 0.717) is 17.8 Å². The Balaban J connectivity index is 2.12. The van der Waals surface area contributed by atoms with E-state index in [1.807, 2.05) is 24.3 Å². The number of fused-ring (bicyclic) bond motifs is 2. The first-order valence-corrected chi connectivity index (χ1v) is 7.55. The average molecular weight is 343 g/mol. The number of Topliss-reactive ketones (excluding diaryl/α,β-unsaturated/α-hetero) is 1. The van der Waals surface area contributed by atoms with Crippen molar-refractivity contribution < 1.29 is 4.79 Å². The molecular formula is C15H11BrN4O. The third-order valence-electron chi connectivity index (χ3n) is 3.70. The standard InChI is InChI=1S/C15H11BrN4O/c16-10-4-1-3-9(7-10)14-13-11(5-2-6-12(13)21)19-15-17-8-18-20(14)15/h1,3-4,7-8H,2,5-6H2. The first-order valence-electron chi connectivity index (χ1n) is 6.76. The molecule has 0 saturated heterocycles. The fourth-order valence-electron chi connectivity index (χ4n) is 2.81. The van der Waals surface area contributed by atoms with Gasteiger partial charge in [-0.2, -0.15) is 14.6 Å². The van der Waals surface area contributed by atoms with E-state index < -0.39 is 0 Å². The lowest BCUT2D eigenvalue weighted by Gasteiger charge is -2.18. The van der Waals surface area contributed by atoms with Gasteiger partial charge in [0.15, 0.2) is 5.78 Å². The number of benzene rings is 1. The second kappa shape index (κ2) is 4.73. The normalized spacial score (nSPS) is 14.4. The largest absolute Gasteiger partial charge is 0.294 e. The minimum atomic E-state index is 0.135. The molecule has 0 saturated carbocycles. The molecule has 0 atom stereocenters. The second-order valence-corrected chi connectivity index (χ2v) is 5.96. The predicted molar refractivity (Wildman–Crippen MR) is 81.2 cm³/mol. The summed E-state index contributed by atoms with van der Waals surface area (Å²) in [5.74, 6) is 0.676. The monoisotopic (exact) mass is 342 g/mol. The van der Waals surface area contributed by atoms with Gasteiger partial charge in [0.25, 0.3) is 5.78 Å². The van der Waals surface area contributed by atoms with Crippen LogP contribution in [-0.4, -0.2) is 25.4 Å². The molecule has 0 unspecified atom stereocenters. The molecule has 2 heterocycles. The number of carbonyl (C=O) groups excluding carboxylic acids is 1. The summed E-state index contributed by atoms with van der Waals surface area (Å²) in [6.45, 7) is 0. The number of rotatable bonds is 1. The van der Waals surface area contributed by atoms with Crippen molar-refractivity contribution in [2.75, 3.05) is 0 Å². The van der Waals surface area contributed by atoms with Crippen molar-refractivity contribution in [1.82, 2.24) is 19.6 Å². The Morgan fingerprint density at radius 3 is 3.00 bits per heavy atom. The molecule has 2 aromatic heterocycles. The van der Waals surface area contributed by atoms with Crippen molar-refractivity contribution >= 4 is 27.5 Å². The lowest BCUT2D eigenvalue weighted by Crippen LogP contribution is -2.17. The third kappa shape index (κ3) is 1.98. The average Bonchev–Trinajstić information content (AvgIpc) is 2.93. The summed E-state index contributed by atoms with van der Waals surface area (Å²) in [7, 11) is 0. The van der Waals surface area contributed by atoms with Crippen LogP contribution in [0.15, 0.2) is 35.1 Å². The molecule has 0 fully saturated rings. The molecule has 3 aromatic rings. The van der Waals surface area contributed by atoms with E-state index in [9.17, 15) is 4.79 Å². The molecule has 1 aliphatic rings. The number of ketones is 1. The number of hydrogen-bond donors (Lipinski definition) is 0. The molecule has 1 aliphatic carbocycles. The summed E-state index contributed by atoms with van der Waals surface area (Å²) < 4.78 is 2.62. The quantitative estimate of drug-likeness (QED) is 0.681. The van der Waals surface area contributed by atoms with E-state index in [1.54, 1.807) is 4.52 Å². The zero-order valence-corrected chi connectivity index (χ0v) is 12.7. The maximum atomic E-state index is 12.4. The Kier molecular flexibility index (Phi) is 2.85. The fraction of sp³-hybridized carbons (Fsp3) is 0.200. The van der Waals surface area contributed by atoms with Gasteiger partial charge in [-0.3, -0.25) is 4.79 Å². The van der Waals surface area contributed by atoms with Gasteiger partial charge in [0, 0.05) is 16.5 Å². The van der Waals surface area contributed by atoms with Crippen LogP contribution in [0.5, 0.6) is 0 Å². The number of halogens is 1. The Morgan fingerprint density at radius 2 is 2.14 bits per heavy atom. The highest BCUT2D eigenvalue weighted by molar-refractivity contribution is 9.10. The lowest BCUT2D eigenvalue weighted by molar-refractivity contribution is 0.0972. The Morgan fingerprint density at radius 1 is 1.24 bits per heavy atom. The first kappa shape index (κ1) is 12.6. The molecule has 0 spiro atoms. The molecular weight excluding hydrogens is 332 g/mol. The summed E-state index contributed by atoms with van der Waals surface area (Å²) in [5.41, 5.74) is 3.26. The minimum Gasteiger partial charge on any atom is -0.294 e. The van der Waals surface area contributed by atoms with Crippen molar-refractivity contribution in [2.45, 2.75) is 19.3 Å². The zero-order valence-electron chi connectivity index (χ0n) is 11.1. The summed E-state index contributed by atoms with van der Waals surface area (Å²) in [6.07, 6.45) is 3.70. The van der Waals surface area contributed by atoms with Crippen molar-refractivity contribution in [3.8, 4) is 11.3 Å². The maximum Gasteiger partial charge on any atom is 0.252 e. The van der Waals surface area contributed by atoms with Gasteiger partial charge in [0.05, 0.1) is 17.0 Å². The number of aromatic nitrogens is 4.